The zero-order valence-corrected chi connectivity index (χ0v) is 18.0. The van der Waals surface area contributed by atoms with E-state index < -0.39 is 25.2 Å². The van der Waals surface area contributed by atoms with E-state index in [1.165, 1.54) is 6.26 Å². The van der Waals surface area contributed by atoms with Gasteiger partial charge in [-0.05, 0) is 58.3 Å². The van der Waals surface area contributed by atoms with Crippen molar-refractivity contribution in [1.29, 1.82) is 0 Å². The summed E-state index contributed by atoms with van der Waals surface area (Å²) in [4.78, 5) is 0. The molecule has 0 aliphatic heterocycles. The van der Waals surface area contributed by atoms with Crippen LogP contribution in [0, 0.1) is 0 Å². The molecule has 0 spiro atoms. The third kappa shape index (κ3) is 13.5. The summed E-state index contributed by atoms with van der Waals surface area (Å²) in [5.74, 6) is 0. The molecular formula is C14H34O4Si3. The number of hydrogen-bond donors (Lipinski definition) is 0. The maximum Gasteiger partial charge on any atom is 0.311 e. The normalized spacial score (nSPS) is 13.3. The zero-order valence-electron chi connectivity index (χ0n) is 15.0. The first kappa shape index (κ1) is 21.1. The number of hydrogen-bond acceptors (Lipinski definition) is 4. The van der Waals surface area contributed by atoms with E-state index in [9.17, 15) is 0 Å². The molecule has 0 amide bonds. The van der Waals surface area contributed by atoms with Crippen molar-refractivity contribution in [2.45, 2.75) is 58.3 Å². The molecule has 0 heterocycles. The van der Waals surface area contributed by atoms with E-state index in [0.29, 0.717) is 13.2 Å². The monoisotopic (exact) mass is 350 g/mol. The van der Waals surface area contributed by atoms with E-state index in [2.05, 4.69) is 52.4 Å². The van der Waals surface area contributed by atoms with Gasteiger partial charge in [0.2, 0.25) is 0 Å². The molecule has 0 rings (SSSR count). The predicted molar refractivity (Wildman–Crippen MR) is 96.9 cm³/mol. The number of rotatable bonds is 12. The molecule has 126 valence electrons. The Labute approximate surface area is 134 Å². The van der Waals surface area contributed by atoms with Gasteiger partial charge in [-0.15, -0.1) is 0 Å². The second-order valence-electron chi connectivity index (χ2n) is 7.23. The maximum absolute atomic E-state index is 6.44. The standard InChI is InChI=1S/C14H34O4Si3/c1-9-15-12-13-16-11-10-14-20(5,6)18-21(7,8)17-19(2,3)4/h9H,1,10-14H2,2-8H3. The van der Waals surface area contributed by atoms with E-state index >= 15 is 0 Å². The van der Waals surface area contributed by atoms with Crippen LogP contribution in [0.2, 0.25) is 51.9 Å². The Hall–Kier alpha value is 0.0706. The number of ether oxygens (including phenoxy) is 2. The van der Waals surface area contributed by atoms with Crippen molar-refractivity contribution in [2.24, 2.45) is 0 Å². The van der Waals surface area contributed by atoms with Gasteiger partial charge < -0.3 is 17.7 Å². The van der Waals surface area contributed by atoms with Crippen molar-refractivity contribution in [2.75, 3.05) is 19.8 Å². The lowest BCUT2D eigenvalue weighted by Gasteiger charge is -2.37. The fourth-order valence-electron chi connectivity index (χ4n) is 2.37. The first-order chi connectivity index (χ1) is 9.47. The molecule has 4 nitrogen and oxygen atoms in total. The largest absolute Gasteiger partial charge is 0.499 e. The van der Waals surface area contributed by atoms with E-state index in [0.717, 1.165) is 19.1 Å². The Balaban J connectivity index is 3.99. The summed E-state index contributed by atoms with van der Waals surface area (Å²) in [7, 11) is -5.23. The fraction of sp³-hybridized carbons (Fsp3) is 0.857. The van der Waals surface area contributed by atoms with Gasteiger partial charge in [0, 0.05) is 6.61 Å². The molecular weight excluding hydrogens is 316 g/mol. The molecule has 21 heavy (non-hydrogen) atoms. The Kier molecular flexibility index (Phi) is 9.29. The zero-order chi connectivity index (χ0) is 16.6. The smallest absolute Gasteiger partial charge is 0.311 e. The van der Waals surface area contributed by atoms with Crippen LogP contribution in [0.25, 0.3) is 0 Å². The Morgan fingerprint density at radius 3 is 2.00 bits per heavy atom. The van der Waals surface area contributed by atoms with Crippen molar-refractivity contribution < 1.29 is 17.7 Å². The highest BCUT2D eigenvalue weighted by atomic mass is 28.5. The average Bonchev–Trinajstić information content (AvgIpc) is 2.22. The molecule has 0 fully saturated rings. The fourth-order valence-corrected chi connectivity index (χ4v) is 15.5. The molecule has 0 aromatic rings. The molecule has 0 bridgehead atoms. The second-order valence-corrected chi connectivity index (χ2v) is 19.9. The molecule has 0 saturated heterocycles. The summed E-state index contributed by atoms with van der Waals surface area (Å²) in [6.45, 7) is 21.0. The van der Waals surface area contributed by atoms with Crippen LogP contribution < -0.4 is 0 Å². The van der Waals surface area contributed by atoms with E-state index in [1.807, 2.05) is 0 Å². The highest BCUT2D eigenvalue weighted by Crippen LogP contribution is 2.23. The topological polar surface area (TPSA) is 36.9 Å². The molecule has 0 N–H and O–H groups in total. The highest BCUT2D eigenvalue weighted by Gasteiger charge is 2.37. The highest BCUT2D eigenvalue weighted by molar-refractivity contribution is 6.87. The van der Waals surface area contributed by atoms with Gasteiger partial charge >= 0.3 is 8.56 Å². The van der Waals surface area contributed by atoms with Crippen LogP contribution in [0.5, 0.6) is 0 Å². The lowest BCUT2D eigenvalue weighted by molar-refractivity contribution is 0.0851. The minimum atomic E-state index is -2.01. The van der Waals surface area contributed by atoms with Crippen molar-refractivity contribution in [3.05, 3.63) is 12.8 Å². The van der Waals surface area contributed by atoms with Gasteiger partial charge in [0.05, 0.1) is 12.9 Å². The molecule has 0 atom stereocenters. The van der Waals surface area contributed by atoms with Crippen LogP contribution in [-0.4, -0.2) is 45.0 Å². The SMILES string of the molecule is C=COCCOCCC[Si](C)(C)O[Si](C)(C)O[Si](C)(C)C. The third-order valence-corrected chi connectivity index (χ3v) is 12.8. The second kappa shape index (κ2) is 9.26. The molecule has 0 aliphatic rings. The first-order valence-corrected chi connectivity index (χ1v) is 17.0. The van der Waals surface area contributed by atoms with E-state index in [4.69, 9.17) is 17.7 Å². The first-order valence-electron chi connectivity index (χ1n) is 7.68. The minimum absolute atomic E-state index is 0.574. The summed E-state index contributed by atoms with van der Waals surface area (Å²) in [5.41, 5.74) is 0. The van der Waals surface area contributed by atoms with Gasteiger partial charge in [0.1, 0.15) is 6.61 Å². The van der Waals surface area contributed by atoms with Crippen LogP contribution in [-0.2, 0) is 17.7 Å². The van der Waals surface area contributed by atoms with Gasteiger partial charge in [-0.1, -0.05) is 6.58 Å². The average molecular weight is 351 g/mol. The van der Waals surface area contributed by atoms with Crippen molar-refractivity contribution >= 4 is 25.2 Å². The molecule has 0 aromatic heterocycles. The molecule has 0 aromatic carbocycles. The van der Waals surface area contributed by atoms with Gasteiger partial charge in [-0.2, -0.15) is 0 Å². The van der Waals surface area contributed by atoms with Gasteiger partial charge in [-0.3, -0.25) is 0 Å². The van der Waals surface area contributed by atoms with Crippen LogP contribution >= 0.6 is 0 Å². The van der Waals surface area contributed by atoms with Crippen molar-refractivity contribution in [1.82, 2.24) is 0 Å². The Bertz CT molecular complexity index is 301. The van der Waals surface area contributed by atoms with Crippen molar-refractivity contribution in [3.63, 3.8) is 0 Å². The van der Waals surface area contributed by atoms with Crippen LogP contribution in [0.1, 0.15) is 6.42 Å². The molecule has 7 heteroatoms. The Morgan fingerprint density at radius 1 is 0.857 bits per heavy atom. The molecule has 0 aliphatic carbocycles. The van der Waals surface area contributed by atoms with Crippen molar-refractivity contribution in [3.8, 4) is 0 Å². The summed E-state index contributed by atoms with van der Waals surface area (Å²) in [6, 6.07) is 1.10. The van der Waals surface area contributed by atoms with E-state index in [-0.39, 0.29) is 0 Å². The Morgan fingerprint density at radius 2 is 1.48 bits per heavy atom. The third-order valence-electron chi connectivity index (χ3n) is 2.60. The lowest BCUT2D eigenvalue weighted by atomic mass is 10.5. The van der Waals surface area contributed by atoms with Crippen LogP contribution in [0.4, 0.5) is 0 Å². The van der Waals surface area contributed by atoms with E-state index in [1.54, 1.807) is 0 Å². The quantitative estimate of drug-likeness (QED) is 0.298. The summed E-state index contributed by atoms with van der Waals surface area (Å²) < 4.78 is 23.2. The van der Waals surface area contributed by atoms with Gasteiger partial charge in [-0.25, -0.2) is 0 Å². The predicted octanol–water partition coefficient (Wildman–Crippen LogP) is 4.33. The summed E-state index contributed by atoms with van der Waals surface area (Å²) in [6.07, 6.45) is 2.48. The molecule has 0 saturated carbocycles. The molecule has 0 radical (unpaired) electrons. The van der Waals surface area contributed by atoms with Crippen LogP contribution in [0.15, 0.2) is 12.8 Å². The lowest BCUT2D eigenvalue weighted by Crippen LogP contribution is -2.51. The molecule has 0 unspecified atom stereocenters. The summed E-state index contributed by atoms with van der Waals surface area (Å²) in [5, 5.41) is 0. The van der Waals surface area contributed by atoms with Crippen LogP contribution in [0.3, 0.4) is 0 Å². The minimum Gasteiger partial charge on any atom is -0.499 e. The van der Waals surface area contributed by atoms with Gasteiger partial charge in [0.25, 0.3) is 0 Å². The van der Waals surface area contributed by atoms with Gasteiger partial charge in [0.15, 0.2) is 16.6 Å². The summed E-state index contributed by atoms with van der Waals surface area (Å²) >= 11 is 0. The maximum atomic E-state index is 6.44.